The van der Waals surface area contributed by atoms with E-state index in [4.69, 9.17) is 5.11 Å². The van der Waals surface area contributed by atoms with E-state index in [0.717, 1.165) is 24.1 Å². The molecule has 12 nitrogen and oxygen atoms in total. The van der Waals surface area contributed by atoms with Crippen molar-refractivity contribution in [2.24, 2.45) is 12.0 Å². The van der Waals surface area contributed by atoms with Gasteiger partial charge in [-0.1, -0.05) is 0 Å². The first-order valence-corrected chi connectivity index (χ1v) is 15.0. The molecule has 3 aliphatic heterocycles. The number of aryl methyl sites for hydroxylation is 2. The maximum absolute atomic E-state index is 14.4. The highest BCUT2D eigenvalue weighted by molar-refractivity contribution is 6.10. The Bertz CT molecular complexity index is 1570. The number of alkyl halides is 2. The van der Waals surface area contributed by atoms with Gasteiger partial charge in [-0.3, -0.25) is 24.8 Å². The van der Waals surface area contributed by atoms with Crippen LogP contribution in [-0.2, 0) is 23.1 Å². The van der Waals surface area contributed by atoms with Gasteiger partial charge in [0.1, 0.15) is 5.84 Å². The summed E-state index contributed by atoms with van der Waals surface area (Å²) in [5.74, 6) is -0.918. The number of benzene rings is 1. The molecule has 2 aromatic rings. The molecule has 4 heterocycles. The Morgan fingerprint density at radius 2 is 2.07 bits per heavy atom. The van der Waals surface area contributed by atoms with Crippen LogP contribution in [0, 0.1) is 5.41 Å². The number of carboxylic acids is 1. The molecule has 0 fully saturated rings. The molecule has 240 valence electrons. The van der Waals surface area contributed by atoms with Gasteiger partial charge >= 0.3 is 5.97 Å². The first kappa shape index (κ1) is 31.8. The fourth-order valence-corrected chi connectivity index (χ4v) is 5.92. The van der Waals surface area contributed by atoms with Crippen molar-refractivity contribution in [2.75, 3.05) is 44.7 Å². The van der Waals surface area contributed by atoms with E-state index in [9.17, 15) is 23.8 Å². The summed E-state index contributed by atoms with van der Waals surface area (Å²) in [4.78, 5) is 33.2. The molecule has 1 aromatic heterocycles. The Balaban J connectivity index is 1.33. The Hall–Kier alpha value is -4.59. The van der Waals surface area contributed by atoms with Crippen LogP contribution in [0.25, 0.3) is 11.1 Å². The first-order valence-electron chi connectivity index (χ1n) is 15.0. The molecule has 14 heteroatoms. The maximum Gasteiger partial charge on any atom is 0.338 e. The van der Waals surface area contributed by atoms with E-state index in [2.05, 4.69) is 20.7 Å². The summed E-state index contributed by atoms with van der Waals surface area (Å²) < 4.78 is 30.3. The number of aliphatic carboxylic acids is 1. The molecule has 0 saturated carbocycles. The monoisotopic (exact) mass is 623 g/mol. The standard InChI is InChI=1S/C31H39F2N9O3/c1-19(43)41-11-7-26(35-8-5-9-39(2)31-36-14-21(15-37-31)30(44)45)25(18-41)29(34)42-10-4-6-20-12-23(22-16-38-40(3)17-22)24(28(32)33)13-27(20)42/h12-17,28,31,34-36H,4-11,18H2,1-3H3,(H,44,45). The summed E-state index contributed by atoms with van der Waals surface area (Å²) in [5.41, 5.74) is 4.12. The summed E-state index contributed by atoms with van der Waals surface area (Å²) >= 11 is 0. The lowest BCUT2D eigenvalue weighted by atomic mass is 9.92. The molecule has 3 aliphatic rings. The predicted molar refractivity (Wildman–Crippen MR) is 167 cm³/mol. The molecule has 1 atom stereocenters. The van der Waals surface area contributed by atoms with Gasteiger partial charge < -0.3 is 25.5 Å². The van der Waals surface area contributed by atoms with E-state index >= 15 is 0 Å². The van der Waals surface area contributed by atoms with Crippen molar-refractivity contribution in [3.63, 3.8) is 0 Å². The lowest BCUT2D eigenvalue weighted by Crippen LogP contribution is -2.45. The van der Waals surface area contributed by atoms with Crippen LogP contribution in [0.5, 0.6) is 0 Å². The normalized spacial score (nSPS) is 18.2. The summed E-state index contributed by atoms with van der Waals surface area (Å²) in [7, 11) is 3.64. The number of aliphatic imine (C=N–C) groups is 1. The predicted octanol–water partition coefficient (Wildman–Crippen LogP) is 3.10. The van der Waals surface area contributed by atoms with Gasteiger partial charge in [0.2, 0.25) is 5.91 Å². The number of carboxylic acid groups (broad SMARTS) is 1. The second-order valence-corrected chi connectivity index (χ2v) is 11.5. The Morgan fingerprint density at radius 1 is 1.27 bits per heavy atom. The van der Waals surface area contributed by atoms with Gasteiger partial charge in [0, 0.05) is 93.3 Å². The fraction of sp³-hybridized carbons (Fsp3) is 0.452. The number of carbonyl (C=O) groups is 2. The van der Waals surface area contributed by atoms with Crippen LogP contribution in [-0.4, -0.2) is 94.7 Å². The van der Waals surface area contributed by atoms with Crippen molar-refractivity contribution in [2.45, 2.75) is 45.3 Å². The second-order valence-electron chi connectivity index (χ2n) is 11.5. The topological polar surface area (TPSA) is 142 Å². The summed E-state index contributed by atoms with van der Waals surface area (Å²) in [6.07, 6.45) is 5.76. The van der Waals surface area contributed by atoms with Crippen molar-refractivity contribution >= 4 is 29.6 Å². The zero-order valence-electron chi connectivity index (χ0n) is 25.7. The maximum atomic E-state index is 14.4. The largest absolute Gasteiger partial charge is 0.478 e. The number of nitrogens with one attached hydrogen (secondary N) is 3. The summed E-state index contributed by atoms with van der Waals surface area (Å²) in [6.45, 7) is 4.06. The van der Waals surface area contributed by atoms with Crippen LogP contribution in [0.3, 0.4) is 0 Å². The number of amidine groups is 1. The highest BCUT2D eigenvalue weighted by Crippen LogP contribution is 2.39. The van der Waals surface area contributed by atoms with Gasteiger partial charge in [-0.2, -0.15) is 5.10 Å². The van der Waals surface area contributed by atoms with Crippen molar-refractivity contribution in [3.8, 4) is 11.1 Å². The SMILES string of the molecule is CC(=O)N1CCC(NCCCN(C)C2N=CC(C(=O)O)=CN2)=C(C(=N)N2CCCc3cc(-c4cnn(C)c4)c(C(F)F)cc32)C1. The average Bonchev–Trinajstić information content (AvgIpc) is 3.47. The Labute approximate surface area is 260 Å². The molecule has 0 saturated heterocycles. The van der Waals surface area contributed by atoms with Gasteiger partial charge in [-0.15, -0.1) is 0 Å². The van der Waals surface area contributed by atoms with Gasteiger partial charge in [0.25, 0.3) is 6.43 Å². The van der Waals surface area contributed by atoms with Gasteiger partial charge in [-0.25, -0.2) is 13.6 Å². The Morgan fingerprint density at radius 3 is 2.71 bits per heavy atom. The molecule has 0 bridgehead atoms. The molecule has 5 rings (SSSR count). The molecule has 0 radical (unpaired) electrons. The minimum Gasteiger partial charge on any atom is -0.478 e. The van der Waals surface area contributed by atoms with E-state index < -0.39 is 12.4 Å². The number of carbonyl (C=O) groups excluding carboxylic acids is 1. The van der Waals surface area contributed by atoms with Crippen molar-refractivity contribution < 1.29 is 23.5 Å². The number of nitrogens with zero attached hydrogens (tertiary/aromatic N) is 6. The number of aromatic nitrogens is 2. The van der Waals surface area contributed by atoms with E-state index in [1.807, 2.05) is 18.0 Å². The minimum absolute atomic E-state index is 0.0817. The Kier molecular flexibility index (Phi) is 9.61. The third-order valence-corrected chi connectivity index (χ3v) is 8.40. The highest BCUT2D eigenvalue weighted by Gasteiger charge is 2.31. The zero-order chi connectivity index (χ0) is 32.2. The molecule has 4 N–H and O–H groups in total. The lowest BCUT2D eigenvalue weighted by molar-refractivity contribution is -0.132. The van der Waals surface area contributed by atoms with E-state index in [-0.39, 0.29) is 35.7 Å². The van der Waals surface area contributed by atoms with E-state index in [0.29, 0.717) is 61.4 Å². The number of rotatable bonds is 10. The van der Waals surface area contributed by atoms with E-state index in [1.165, 1.54) is 25.4 Å². The quantitative estimate of drug-likeness (QED) is 0.180. The third-order valence-electron chi connectivity index (χ3n) is 8.40. The van der Waals surface area contributed by atoms with Crippen LogP contribution in [0.2, 0.25) is 0 Å². The molecule has 1 amide bonds. The second kappa shape index (κ2) is 13.6. The van der Waals surface area contributed by atoms with Crippen LogP contribution >= 0.6 is 0 Å². The minimum atomic E-state index is -2.70. The van der Waals surface area contributed by atoms with Crippen molar-refractivity contribution in [1.29, 1.82) is 5.41 Å². The first-order chi connectivity index (χ1) is 21.5. The van der Waals surface area contributed by atoms with Crippen LogP contribution in [0.15, 0.2) is 52.6 Å². The van der Waals surface area contributed by atoms with Crippen LogP contribution in [0.1, 0.15) is 43.7 Å². The smallest absolute Gasteiger partial charge is 0.338 e. The van der Waals surface area contributed by atoms with Gasteiger partial charge in [0.15, 0.2) is 6.29 Å². The number of amides is 1. The average molecular weight is 624 g/mol. The zero-order valence-corrected chi connectivity index (χ0v) is 25.7. The number of hydrogen-bond donors (Lipinski definition) is 4. The van der Waals surface area contributed by atoms with Crippen LogP contribution < -0.4 is 15.5 Å². The van der Waals surface area contributed by atoms with Gasteiger partial charge in [-0.05, 0) is 49.6 Å². The number of fused-ring (bicyclic) bond motifs is 1. The van der Waals surface area contributed by atoms with Crippen molar-refractivity contribution in [3.05, 3.63) is 58.7 Å². The number of anilines is 1. The fourth-order valence-electron chi connectivity index (χ4n) is 5.92. The molecule has 1 aromatic carbocycles. The van der Waals surface area contributed by atoms with Crippen LogP contribution in [0.4, 0.5) is 14.5 Å². The molecular formula is C31H39F2N9O3. The summed E-state index contributed by atoms with van der Waals surface area (Å²) in [6, 6.07) is 3.32. The molecule has 1 unspecified atom stereocenters. The lowest BCUT2D eigenvalue weighted by Gasteiger charge is -2.37. The van der Waals surface area contributed by atoms with Crippen molar-refractivity contribution in [1.82, 2.24) is 30.2 Å². The molecule has 0 spiro atoms. The number of halogens is 2. The molecule has 45 heavy (non-hydrogen) atoms. The van der Waals surface area contributed by atoms with E-state index in [1.54, 1.807) is 33.9 Å². The third kappa shape index (κ3) is 7.06. The highest BCUT2D eigenvalue weighted by atomic mass is 19.3. The molecule has 0 aliphatic carbocycles. The number of hydrogen-bond acceptors (Lipinski definition) is 8. The summed E-state index contributed by atoms with van der Waals surface area (Å²) in [5, 5.41) is 29.0. The molecular weight excluding hydrogens is 584 g/mol. The van der Waals surface area contributed by atoms with Gasteiger partial charge in [0.05, 0.1) is 18.3 Å².